The van der Waals surface area contributed by atoms with Crippen LogP contribution in [0.15, 0.2) is 0 Å². The maximum Gasteiger partial charge on any atom is 0.307 e. The number of aliphatic hydroxyl groups excluding tert-OH is 1. The van der Waals surface area contributed by atoms with Crippen LogP contribution < -0.4 is 0 Å². The molecule has 0 aliphatic carbocycles. The number of hydrogen-bond donors (Lipinski definition) is 1. The van der Waals surface area contributed by atoms with Crippen LogP contribution in [-0.4, -0.2) is 74.1 Å². The Morgan fingerprint density at radius 2 is 0.960 bits per heavy atom. The maximum atomic E-state index is 12.7. The molecule has 0 aliphatic rings. The molecule has 0 bridgehead atoms. The van der Waals surface area contributed by atoms with Gasteiger partial charge in [-0.05, 0) is 51.5 Å². The van der Waals surface area contributed by atoms with Crippen LogP contribution in [0, 0.1) is 0 Å². The second-order valence-corrected chi connectivity index (χ2v) is 14.7. The summed E-state index contributed by atoms with van der Waals surface area (Å²) in [6.07, 6.45) is 35.0. The second kappa shape index (κ2) is 40.6. The molecule has 0 atom stereocenters. The third-order valence-electron chi connectivity index (χ3n) is 9.84. The first kappa shape index (κ1) is 48.8. The van der Waals surface area contributed by atoms with E-state index in [0.717, 1.165) is 64.5 Å². The Hall–Kier alpha value is -1.18. The Labute approximate surface area is 310 Å². The molecule has 0 heterocycles. The van der Waals surface area contributed by atoms with Crippen molar-refractivity contribution < 1.29 is 28.9 Å². The Kier molecular flexibility index (Phi) is 39.6. The fourth-order valence-electron chi connectivity index (χ4n) is 6.58. The van der Waals surface area contributed by atoms with Gasteiger partial charge in [0.1, 0.15) is 12.7 Å². The van der Waals surface area contributed by atoms with Gasteiger partial charge < -0.3 is 24.2 Å². The third kappa shape index (κ3) is 36.6. The summed E-state index contributed by atoms with van der Waals surface area (Å²) < 4.78 is 17.0. The van der Waals surface area contributed by atoms with Gasteiger partial charge in [-0.2, -0.15) is 0 Å². The van der Waals surface area contributed by atoms with E-state index in [9.17, 15) is 14.7 Å². The second-order valence-electron chi connectivity index (χ2n) is 14.7. The number of esters is 2. The summed E-state index contributed by atoms with van der Waals surface area (Å²) in [5.74, 6) is -0.217. The van der Waals surface area contributed by atoms with Crippen molar-refractivity contribution in [1.82, 2.24) is 4.90 Å². The Balaban J connectivity index is 3.98. The lowest BCUT2D eigenvalue weighted by Crippen LogP contribution is -2.31. The standard InChI is InChI=1S/C43H85NO6/c1-4-7-10-13-16-17-18-24-29-38-48-39-40-49-42(46)33-35-44(36-37-45)34-28-23-19-22-27-32-43(47)50-41(30-25-20-14-11-8-5-2)31-26-21-15-12-9-6-3/h41,45H,4-40H2,1-3H3. The van der Waals surface area contributed by atoms with Crippen LogP contribution in [0.3, 0.4) is 0 Å². The predicted octanol–water partition coefficient (Wildman–Crippen LogP) is 11.5. The van der Waals surface area contributed by atoms with E-state index in [1.54, 1.807) is 0 Å². The summed E-state index contributed by atoms with van der Waals surface area (Å²) >= 11 is 0. The summed E-state index contributed by atoms with van der Waals surface area (Å²) in [6, 6.07) is 0. The molecule has 1 N–H and O–H groups in total. The van der Waals surface area contributed by atoms with E-state index in [4.69, 9.17) is 14.2 Å². The lowest BCUT2D eigenvalue weighted by Gasteiger charge is -2.20. The highest BCUT2D eigenvalue weighted by molar-refractivity contribution is 5.69. The number of rotatable bonds is 41. The molecule has 0 amide bonds. The summed E-state index contributed by atoms with van der Waals surface area (Å²) in [5, 5.41) is 9.49. The van der Waals surface area contributed by atoms with Gasteiger partial charge in [0.15, 0.2) is 0 Å². The third-order valence-corrected chi connectivity index (χ3v) is 9.84. The van der Waals surface area contributed by atoms with Crippen LogP contribution in [0.25, 0.3) is 0 Å². The van der Waals surface area contributed by atoms with Gasteiger partial charge in [-0.15, -0.1) is 0 Å². The minimum Gasteiger partial charge on any atom is -0.463 e. The molecule has 0 rings (SSSR count). The van der Waals surface area contributed by atoms with Gasteiger partial charge in [0.2, 0.25) is 0 Å². The van der Waals surface area contributed by atoms with E-state index >= 15 is 0 Å². The van der Waals surface area contributed by atoms with E-state index in [1.807, 2.05) is 0 Å². The molecule has 7 nitrogen and oxygen atoms in total. The maximum absolute atomic E-state index is 12.7. The van der Waals surface area contributed by atoms with Crippen LogP contribution in [0.2, 0.25) is 0 Å². The Bertz CT molecular complexity index is 689. The molecule has 0 aromatic rings. The van der Waals surface area contributed by atoms with Crippen molar-refractivity contribution >= 4 is 11.9 Å². The molecular weight excluding hydrogens is 626 g/mol. The van der Waals surface area contributed by atoms with E-state index in [-0.39, 0.29) is 24.6 Å². The molecule has 0 aromatic carbocycles. The normalized spacial score (nSPS) is 11.6. The Morgan fingerprint density at radius 1 is 0.480 bits per heavy atom. The molecular formula is C43H85NO6. The largest absolute Gasteiger partial charge is 0.463 e. The van der Waals surface area contributed by atoms with Crippen molar-refractivity contribution in [3.63, 3.8) is 0 Å². The van der Waals surface area contributed by atoms with Gasteiger partial charge in [-0.1, -0.05) is 156 Å². The zero-order valence-corrected chi connectivity index (χ0v) is 33.7. The minimum atomic E-state index is -0.201. The van der Waals surface area contributed by atoms with Crippen LogP contribution >= 0.6 is 0 Å². The number of ether oxygens (including phenoxy) is 3. The highest BCUT2D eigenvalue weighted by atomic mass is 16.6. The fourth-order valence-corrected chi connectivity index (χ4v) is 6.58. The highest BCUT2D eigenvalue weighted by Crippen LogP contribution is 2.18. The van der Waals surface area contributed by atoms with Crippen molar-refractivity contribution in [3.05, 3.63) is 0 Å². The monoisotopic (exact) mass is 712 g/mol. The van der Waals surface area contributed by atoms with E-state index < -0.39 is 0 Å². The summed E-state index contributed by atoms with van der Waals surface area (Å²) in [5.41, 5.74) is 0. The molecule has 0 aliphatic heterocycles. The quantitative estimate of drug-likeness (QED) is 0.0499. The van der Waals surface area contributed by atoms with Crippen molar-refractivity contribution in [1.29, 1.82) is 0 Å². The lowest BCUT2D eigenvalue weighted by molar-refractivity contribution is -0.150. The van der Waals surface area contributed by atoms with Gasteiger partial charge in [0.25, 0.3) is 0 Å². The number of carbonyl (C=O) groups is 2. The van der Waals surface area contributed by atoms with Crippen LogP contribution in [0.4, 0.5) is 0 Å². The topological polar surface area (TPSA) is 85.3 Å². The van der Waals surface area contributed by atoms with Crippen molar-refractivity contribution in [3.8, 4) is 0 Å². The number of hydrogen-bond acceptors (Lipinski definition) is 7. The van der Waals surface area contributed by atoms with Crippen LogP contribution in [0.1, 0.15) is 213 Å². The first-order valence-electron chi connectivity index (χ1n) is 21.8. The molecule has 0 saturated carbocycles. The van der Waals surface area contributed by atoms with Gasteiger partial charge in [0.05, 0.1) is 19.6 Å². The molecule has 298 valence electrons. The molecule has 0 radical (unpaired) electrons. The van der Waals surface area contributed by atoms with Crippen molar-refractivity contribution in [2.45, 2.75) is 219 Å². The summed E-state index contributed by atoms with van der Waals surface area (Å²) in [6.45, 7) is 10.4. The number of unbranched alkanes of at least 4 members (excludes halogenated alkanes) is 22. The van der Waals surface area contributed by atoms with E-state index in [0.29, 0.717) is 39.1 Å². The average Bonchev–Trinajstić information content (AvgIpc) is 3.11. The fraction of sp³-hybridized carbons (Fsp3) is 0.953. The van der Waals surface area contributed by atoms with Crippen molar-refractivity contribution in [2.75, 3.05) is 46.1 Å². The summed E-state index contributed by atoms with van der Waals surface area (Å²) in [4.78, 5) is 27.0. The van der Waals surface area contributed by atoms with E-state index in [2.05, 4.69) is 25.7 Å². The first-order chi connectivity index (χ1) is 24.6. The van der Waals surface area contributed by atoms with Crippen molar-refractivity contribution in [2.24, 2.45) is 0 Å². The van der Waals surface area contributed by atoms with Gasteiger partial charge in [-0.3, -0.25) is 9.59 Å². The molecule has 0 aromatic heterocycles. The van der Waals surface area contributed by atoms with Gasteiger partial charge >= 0.3 is 11.9 Å². The molecule has 0 saturated heterocycles. The highest BCUT2D eigenvalue weighted by Gasteiger charge is 2.14. The predicted molar refractivity (Wildman–Crippen MR) is 211 cm³/mol. The number of nitrogens with zero attached hydrogens (tertiary/aromatic N) is 1. The van der Waals surface area contributed by atoms with Crippen LogP contribution in [-0.2, 0) is 23.8 Å². The van der Waals surface area contributed by atoms with Gasteiger partial charge in [-0.25, -0.2) is 0 Å². The number of aliphatic hydroxyl groups is 1. The zero-order chi connectivity index (χ0) is 36.6. The molecule has 7 heteroatoms. The van der Waals surface area contributed by atoms with Gasteiger partial charge in [0, 0.05) is 26.1 Å². The Morgan fingerprint density at radius 3 is 1.50 bits per heavy atom. The number of carbonyl (C=O) groups excluding carboxylic acids is 2. The molecule has 0 spiro atoms. The average molecular weight is 712 g/mol. The molecule has 50 heavy (non-hydrogen) atoms. The lowest BCUT2D eigenvalue weighted by atomic mass is 10.0. The SMILES string of the molecule is CCCCCCCCCCCOCCOC(=O)CCN(CCO)CCCCCCCC(=O)OC(CCCCCCCC)CCCCCCCC. The minimum absolute atomic E-state index is 0.0154. The smallest absolute Gasteiger partial charge is 0.307 e. The molecule has 0 fully saturated rings. The molecule has 0 unspecified atom stereocenters. The summed E-state index contributed by atoms with van der Waals surface area (Å²) in [7, 11) is 0. The zero-order valence-electron chi connectivity index (χ0n) is 33.7. The van der Waals surface area contributed by atoms with Crippen LogP contribution in [0.5, 0.6) is 0 Å². The van der Waals surface area contributed by atoms with E-state index in [1.165, 1.54) is 128 Å². The first-order valence-corrected chi connectivity index (χ1v) is 21.8.